The molecule has 0 spiro atoms. The molecule has 4 N–H and O–H groups in total. The number of nitrogens with zero attached hydrogens (tertiary/aromatic N) is 3. The number of aliphatic hydroxyl groups excluding tert-OH is 4. The van der Waals surface area contributed by atoms with Gasteiger partial charge in [0.05, 0.1) is 12.3 Å². The molecule has 2 aliphatic rings. The van der Waals surface area contributed by atoms with Crippen molar-refractivity contribution < 1.29 is 25.2 Å². The number of hydrogen-bond acceptors (Lipinski definition) is 8. The Bertz CT molecular complexity index is 860. The molecule has 0 radical (unpaired) electrons. The minimum atomic E-state index is -1.43. The van der Waals surface area contributed by atoms with Gasteiger partial charge in [0.15, 0.2) is 5.82 Å². The Hall–Kier alpha value is -1.81. The van der Waals surface area contributed by atoms with Crippen LogP contribution in [0.5, 0.6) is 0 Å². The van der Waals surface area contributed by atoms with Crippen LogP contribution in [-0.2, 0) is 11.2 Å². The third kappa shape index (κ3) is 4.30. The fourth-order valence-electron chi connectivity index (χ4n) is 4.04. The monoisotopic (exact) mass is 435 g/mol. The number of aliphatic hydroxyl groups is 4. The molecule has 2 saturated heterocycles. The number of anilines is 1. The van der Waals surface area contributed by atoms with Gasteiger partial charge < -0.3 is 30.1 Å². The molecule has 2 aliphatic heterocycles. The summed E-state index contributed by atoms with van der Waals surface area (Å²) in [7, 11) is 0. The van der Waals surface area contributed by atoms with E-state index in [0.717, 1.165) is 30.2 Å². The van der Waals surface area contributed by atoms with E-state index < -0.39 is 37.1 Å². The van der Waals surface area contributed by atoms with Gasteiger partial charge in [0, 0.05) is 24.5 Å². The largest absolute Gasteiger partial charge is 0.394 e. The lowest BCUT2D eigenvalue weighted by Crippen LogP contribution is -2.55. The molecule has 2 aromatic rings. The maximum atomic E-state index is 10.4. The molecule has 162 valence electrons. The second-order valence-corrected chi connectivity index (χ2v) is 8.26. The van der Waals surface area contributed by atoms with Crippen molar-refractivity contribution in [1.82, 2.24) is 10.2 Å². The van der Waals surface area contributed by atoms with Crippen LogP contribution in [0.4, 0.5) is 5.82 Å². The second-order valence-electron chi connectivity index (χ2n) is 7.85. The van der Waals surface area contributed by atoms with Gasteiger partial charge in [-0.1, -0.05) is 23.7 Å². The van der Waals surface area contributed by atoms with Gasteiger partial charge in [0.25, 0.3) is 0 Å². The molecule has 1 aromatic carbocycles. The van der Waals surface area contributed by atoms with Crippen LogP contribution in [0.15, 0.2) is 30.3 Å². The predicted octanol–water partition coefficient (Wildman–Crippen LogP) is 0.836. The third-order valence-corrected chi connectivity index (χ3v) is 6.17. The summed E-state index contributed by atoms with van der Waals surface area (Å²) in [5, 5.41) is 49.0. The first kappa shape index (κ1) is 21.4. The Kier molecular flexibility index (Phi) is 6.52. The molecule has 8 nitrogen and oxygen atoms in total. The maximum absolute atomic E-state index is 10.4. The molecule has 1 aromatic heterocycles. The summed E-state index contributed by atoms with van der Waals surface area (Å²) in [5.74, 6) is 0.873. The maximum Gasteiger partial charge on any atom is 0.151 e. The highest BCUT2D eigenvalue weighted by Crippen LogP contribution is 2.34. The first-order valence-electron chi connectivity index (χ1n) is 10.1. The van der Waals surface area contributed by atoms with Gasteiger partial charge in [-0.25, -0.2) is 0 Å². The van der Waals surface area contributed by atoms with Crippen LogP contribution < -0.4 is 4.90 Å². The third-order valence-electron chi connectivity index (χ3n) is 5.80. The zero-order valence-corrected chi connectivity index (χ0v) is 17.2. The van der Waals surface area contributed by atoms with E-state index in [1.165, 1.54) is 12.8 Å². The Morgan fingerprint density at radius 2 is 1.77 bits per heavy atom. The van der Waals surface area contributed by atoms with Gasteiger partial charge in [-0.3, -0.25) is 0 Å². The van der Waals surface area contributed by atoms with Crippen LogP contribution in [0.25, 0.3) is 0 Å². The quantitative estimate of drug-likeness (QED) is 0.545. The highest BCUT2D eigenvalue weighted by molar-refractivity contribution is 6.31. The summed E-state index contributed by atoms with van der Waals surface area (Å²) in [6.45, 7) is 1.53. The molecule has 0 amide bonds. The normalized spacial score (nSPS) is 29.4. The Morgan fingerprint density at radius 1 is 1.00 bits per heavy atom. The molecule has 9 heteroatoms. The van der Waals surface area contributed by atoms with Crippen molar-refractivity contribution >= 4 is 17.4 Å². The molecule has 2 fully saturated rings. The smallest absolute Gasteiger partial charge is 0.151 e. The first-order chi connectivity index (χ1) is 14.5. The fraction of sp³-hybridized carbons (Fsp3) is 0.524. The standard InChI is InChI=1S/C21H26ClN3O5/c22-15-5-3-12(21-20(29)19(28)18(27)16(11-26)30-21)9-13(15)10-14-4-6-17(24-23-14)25-7-1-2-8-25/h3-6,9,16,18-21,26-29H,1-2,7-8,10-11H2. The molecule has 5 unspecified atom stereocenters. The minimum Gasteiger partial charge on any atom is -0.394 e. The highest BCUT2D eigenvalue weighted by atomic mass is 35.5. The zero-order valence-electron chi connectivity index (χ0n) is 16.4. The van der Waals surface area contributed by atoms with Crippen LogP contribution in [0.2, 0.25) is 5.02 Å². The summed E-state index contributed by atoms with van der Waals surface area (Å²) in [6, 6.07) is 9.06. The summed E-state index contributed by atoms with van der Waals surface area (Å²) in [6.07, 6.45) is -3.24. The fourth-order valence-corrected chi connectivity index (χ4v) is 4.23. The predicted molar refractivity (Wildman–Crippen MR) is 110 cm³/mol. The molecule has 0 saturated carbocycles. The van der Waals surface area contributed by atoms with Gasteiger partial charge in [0.1, 0.15) is 30.5 Å². The molecule has 4 rings (SSSR count). The summed E-state index contributed by atoms with van der Waals surface area (Å²) in [5.41, 5.74) is 2.12. The average molecular weight is 436 g/mol. The number of aromatic nitrogens is 2. The number of ether oxygens (including phenoxy) is 1. The highest BCUT2D eigenvalue weighted by Gasteiger charge is 2.44. The lowest BCUT2D eigenvalue weighted by molar-refractivity contribution is -0.231. The molecular weight excluding hydrogens is 410 g/mol. The van der Waals surface area contributed by atoms with E-state index in [0.29, 0.717) is 17.0 Å². The van der Waals surface area contributed by atoms with Crippen molar-refractivity contribution in [1.29, 1.82) is 0 Å². The van der Waals surface area contributed by atoms with Crippen LogP contribution in [0.3, 0.4) is 0 Å². The average Bonchev–Trinajstić information content (AvgIpc) is 3.30. The van der Waals surface area contributed by atoms with Gasteiger partial charge in [-0.2, -0.15) is 5.10 Å². The lowest BCUT2D eigenvalue weighted by Gasteiger charge is -2.40. The molecule has 3 heterocycles. The van der Waals surface area contributed by atoms with E-state index in [1.807, 2.05) is 12.1 Å². The van der Waals surface area contributed by atoms with Crippen molar-refractivity contribution in [3.05, 3.63) is 52.2 Å². The molecule has 0 bridgehead atoms. The first-order valence-corrected chi connectivity index (χ1v) is 10.5. The molecule has 0 aliphatic carbocycles. The SMILES string of the molecule is OCC1OC(c2ccc(Cl)c(Cc3ccc(N4CCCC4)nn3)c2)C(O)C(O)C1O. The van der Waals surface area contributed by atoms with Crippen molar-refractivity contribution in [2.75, 3.05) is 24.6 Å². The van der Waals surface area contributed by atoms with Crippen molar-refractivity contribution in [2.24, 2.45) is 0 Å². The Balaban J connectivity index is 1.53. The minimum absolute atomic E-state index is 0.442. The topological polar surface area (TPSA) is 119 Å². The molecule has 5 atom stereocenters. The zero-order chi connectivity index (χ0) is 21.3. The van der Waals surface area contributed by atoms with Gasteiger partial charge >= 0.3 is 0 Å². The molecular formula is C21H26ClN3O5. The summed E-state index contributed by atoms with van der Waals surface area (Å²) >= 11 is 6.37. The lowest BCUT2D eigenvalue weighted by atomic mass is 9.90. The molecule has 30 heavy (non-hydrogen) atoms. The van der Waals surface area contributed by atoms with Crippen LogP contribution >= 0.6 is 11.6 Å². The number of hydrogen-bond donors (Lipinski definition) is 4. The van der Waals surface area contributed by atoms with E-state index in [-0.39, 0.29) is 0 Å². The number of rotatable bonds is 5. The van der Waals surface area contributed by atoms with Crippen molar-refractivity contribution in [2.45, 2.75) is 49.8 Å². The van der Waals surface area contributed by atoms with Gasteiger partial charge in [-0.15, -0.1) is 5.10 Å². The van der Waals surface area contributed by atoms with E-state index in [2.05, 4.69) is 15.1 Å². The van der Waals surface area contributed by atoms with E-state index in [4.69, 9.17) is 16.3 Å². The van der Waals surface area contributed by atoms with Crippen LogP contribution in [0, 0.1) is 0 Å². The summed E-state index contributed by atoms with van der Waals surface area (Å²) < 4.78 is 5.65. The summed E-state index contributed by atoms with van der Waals surface area (Å²) in [4.78, 5) is 2.21. The van der Waals surface area contributed by atoms with E-state index in [9.17, 15) is 20.4 Å². The second kappa shape index (κ2) is 9.13. The van der Waals surface area contributed by atoms with Crippen LogP contribution in [-0.4, -0.2) is 74.7 Å². The number of benzene rings is 1. The van der Waals surface area contributed by atoms with Gasteiger partial charge in [-0.05, 0) is 42.2 Å². The van der Waals surface area contributed by atoms with E-state index >= 15 is 0 Å². The van der Waals surface area contributed by atoms with E-state index in [1.54, 1.807) is 18.2 Å². The number of halogens is 1. The Labute approximate surface area is 179 Å². The van der Waals surface area contributed by atoms with Crippen molar-refractivity contribution in [3.63, 3.8) is 0 Å². The van der Waals surface area contributed by atoms with Crippen molar-refractivity contribution in [3.8, 4) is 0 Å². The van der Waals surface area contributed by atoms with Crippen LogP contribution in [0.1, 0.15) is 35.8 Å². The van der Waals surface area contributed by atoms with Gasteiger partial charge in [0.2, 0.25) is 0 Å². The Morgan fingerprint density at radius 3 is 2.43 bits per heavy atom.